The first-order valence-electron chi connectivity index (χ1n) is 6.87. The summed E-state index contributed by atoms with van der Waals surface area (Å²) in [5, 5.41) is 0.953. The zero-order valence-electron chi connectivity index (χ0n) is 12.0. The van der Waals surface area contributed by atoms with Gasteiger partial charge in [-0.15, -0.1) is 11.3 Å². The summed E-state index contributed by atoms with van der Waals surface area (Å²) in [5.74, 6) is 0.354. The number of aromatic nitrogens is 2. The molecule has 0 amide bonds. The molecule has 0 aliphatic carbocycles. The SMILES string of the molecule is CCCn1c(=O)nc(N)c2c3c(sc21)COC(C)(C)C3. The summed E-state index contributed by atoms with van der Waals surface area (Å²) < 4.78 is 7.59. The predicted octanol–water partition coefficient (Wildman–Crippen LogP) is 2.30. The molecule has 0 aromatic carbocycles. The van der Waals surface area contributed by atoms with E-state index in [0.29, 0.717) is 19.0 Å². The molecular weight excluding hydrogens is 274 g/mol. The van der Waals surface area contributed by atoms with Crippen LogP contribution in [-0.2, 0) is 24.3 Å². The van der Waals surface area contributed by atoms with Gasteiger partial charge in [0.2, 0.25) is 0 Å². The Hall–Kier alpha value is -1.40. The summed E-state index contributed by atoms with van der Waals surface area (Å²) in [4.78, 5) is 18.1. The lowest BCUT2D eigenvalue weighted by molar-refractivity contribution is -0.0379. The largest absolute Gasteiger partial charge is 0.383 e. The van der Waals surface area contributed by atoms with Crippen LogP contribution in [0.15, 0.2) is 4.79 Å². The van der Waals surface area contributed by atoms with Gasteiger partial charge in [0.15, 0.2) is 0 Å². The van der Waals surface area contributed by atoms with Crippen molar-refractivity contribution in [3.05, 3.63) is 20.9 Å². The maximum Gasteiger partial charge on any atom is 0.350 e. The molecule has 0 saturated heterocycles. The number of anilines is 1. The predicted molar refractivity (Wildman–Crippen MR) is 81.2 cm³/mol. The highest BCUT2D eigenvalue weighted by molar-refractivity contribution is 7.19. The van der Waals surface area contributed by atoms with E-state index in [4.69, 9.17) is 10.5 Å². The Morgan fingerprint density at radius 2 is 2.25 bits per heavy atom. The zero-order chi connectivity index (χ0) is 14.5. The number of nitrogen functional groups attached to an aromatic ring is 1. The average Bonchev–Trinajstić information content (AvgIpc) is 2.71. The molecule has 108 valence electrons. The van der Waals surface area contributed by atoms with E-state index in [1.807, 2.05) is 6.92 Å². The molecule has 2 aromatic rings. The molecule has 0 unspecified atom stereocenters. The van der Waals surface area contributed by atoms with Crippen LogP contribution in [0.4, 0.5) is 5.82 Å². The third-order valence-corrected chi connectivity index (χ3v) is 4.89. The lowest BCUT2D eigenvalue weighted by atomic mass is 9.94. The number of ether oxygens (including phenoxy) is 1. The number of nitrogens with zero attached hydrogens (tertiary/aromatic N) is 2. The van der Waals surface area contributed by atoms with Crippen molar-refractivity contribution in [2.24, 2.45) is 0 Å². The molecule has 1 aliphatic rings. The average molecular weight is 293 g/mol. The van der Waals surface area contributed by atoms with E-state index in [1.165, 1.54) is 10.4 Å². The number of nitrogens with two attached hydrogens (primary N) is 1. The summed E-state index contributed by atoms with van der Waals surface area (Å²) in [6.07, 6.45) is 1.70. The van der Waals surface area contributed by atoms with Crippen molar-refractivity contribution in [2.75, 3.05) is 5.73 Å². The third kappa shape index (κ3) is 2.03. The van der Waals surface area contributed by atoms with Gasteiger partial charge in [0.1, 0.15) is 10.6 Å². The maximum atomic E-state index is 12.0. The molecule has 0 atom stereocenters. The summed E-state index contributed by atoms with van der Waals surface area (Å²) in [6, 6.07) is 0. The highest BCUT2D eigenvalue weighted by Gasteiger charge is 2.31. The highest BCUT2D eigenvalue weighted by atomic mass is 32.1. The fourth-order valence-electron chi connectivity index (χ4n) is 2.72. The van der Waals surface area contributed by atoms with E-state index in [-0.39, 0.29) is 11.3 Å². The summed E-state index contributed by atoms with van der Waals surface area (Å²) in [7, 11) is 0. The molecule has 0 radical (unpaired) electrons. The monoisotopic (exact) mass is 293 g/mol. The molecular formula is C14H19N3O2S. The molecule has 0 saturated carbocycles. The standard InChI is InChI=1S/C14H19N3O2S/c1-4-5-17-12-10(11(15)16-13(17)18)8-6-14(2,3)19-7-9(8)20-12/h4-7H2,1-3H3,(H2,15,16,18). The fraction of sp³-hybridized carbons (Fsp3) is 0.571. The van der Waals surface area contributed by atoms with E-state index in [0.717, 1.165) is 23.1 Å². The molecule has 6 heteroatoms. The molecule has 20 heavy (non-hydrogen) atoms. The number of aryl methyl sites for hydroxylation is 1. The highest BCUT2D eigenvalue weighted by Crippen LogP contribution is 2.40. The minimum absolute atomic E-state index is 0.195. The van der Waals surface area contributed by atoms with Crippen LogP contribution in [0.25, 0.3) is 10.2 Å². The van der Waals surface area contributed by atoms with Crippen molar-refractivity contribution < 1.29 is 4.74 Å². The van der Waals surface area contributed by atoms with Gasteiger partial charge in [-0.25, -0.2) is 4.79 Å². The van der Waals surface area contributed by atoms with Gasteiger partial charge in [-0.1, -0.05) is 6.92 Å². The van der Waals surface area contributed by atoms with E-state index in [2.05, 4.69) is 18.8 Å². The normalized spacial score (nSPS) is 17.4. The van der Waals surface area contributed by atoms with Gasteiger partial charge in [0.25, 0.3) is 0 Å². The fourth-order valence-corrected chi connectivity index (χ4v) is 3.98. The van der Waals surface area contributed by atoms with Crippen LogP contribution >= 0.6 is 11.3 Å². The molecule has 0 bridgehead atoms. The first-order valence-corrected chi connectivity index (χ1v) is 7.69. The smallest absolute Gasteiger partial charge is 0.350 e. The minimum atomic E-state index is -0.254. The van der Waals surface area contributed by atoms with Crippen molar-refractivity contribution in [3.8, 4) is 0 Å². The molecule has 2 N–H and O–H groups in total. The number of hydrogen-bond donors (Lipinski definition) is 1. The zero-order valence-corrected chi connectivity index (χ0v) is 12.8. The Labute approximate surface area is 121 Å². The topological polar surface area (TPSA) is 70.1 Å². The Morgan fingerprint density at radius 1 is 1.50 bits per heavy atom. The lowest BCUT2D eigenvalue weighted by Crippen LogP contribution is -2.31. The molecule has 0 spiro atoms. The van der Waals surface area contributed by atoms with E-state index < -0.39 is 0 Å². The van der Waals surface area contributed by atoms with Gasteiger partial charge in [0.05, 0.1) is 17.6 Å². The van der Waals surface area contributed by atoms with Crippen LogP contribution in [0.1, 0.15) is 37.6 Å². The van der Waals surface area contributed by atoms with E-state index >= 15 is 0 Å². The van der Waals surface area contributed by atoms with Gasteiger partial charge in [-0.2, -0.15) is 4.98 Å². The third-order valence-electron chi connectivity index (χ3n) is 3.66. The molecule has 3 rings (SSSR count). The second kappa shape index (κ2) is 4.56. The molecule has 2 aromatic heterocycles. The molecule has 1 aliphatic heterocycles. The van der Waals surface area contributed by atoms with E-state index in [1.54, 1.807) is 15.9 Å². The van der Waals surface area contributed by atoms with Crippen molar-refractivity contribution in [2.45, 2.75) is 52.4 Å². The molecule has 5 nitrogen and oxygen atoms in total. The Balaban J connectivity index is 2.31. The number of thiophene rings is 1. The molecule has 3 heterocycles. The van der Waals surface area contributed by atoms with Gasteiger partial charge >= 0.3 is 5.69 Å². The number of fused-ring (bicyclic) bond motifs is 3. The van der Waals surface area contributed by atoms with Gasteiger partial charge in [-0.05, 0) is 25.8 Å². The maximum absolute atomic E-state index is 12.0. The van der Waals surface area contributed by atoms with Crippen molar-refractivity contribution in [1.29, 1.82) is 0 Å². The number of rotatable bonds is 2. The van der Waals surface area contributed by atoms with Gasteiger partial charge in [0, 0.05) is 17.8 Å². The van der Waals surface area contributed by atoms with Crippen LogP contribution in [-0.4, -0.2) is 15.2 Å². The number of hydrogen-bond acceptors (Lipinski definition) is 5. The summed E-state index contributed by atoms with van der Waals surface area (Å²) in [6.45, 7) is 7.46. The molecule has 0 fully saturated rings. The van der Waals surface area contributed by atoms with Crippen molar-refractivity contribution in [3.63, 3.8) is 0 Å². The Kier molecular flexibility index (Phi) is 3.10. The van der Waals surface area contributed by atoms with Crippen molar-refractivity contribution >= 4 is 27.4 Å². The quantitative estimate of drug-likeness (QED) is 0.922. The van der Waals surface area contributed by atoms with Crippen molar-refractivity contribution in [1.82, 2.24) is 9.55 Å². The Bertz CT molecular complexity index is 730. The van der Waals surface area contributed by atoms with Gasteiger partial charge < -0.3 is 10.5 Å². The van der Waals surface area contributed by atoms with E-state index in [9.17, 15) is 4.79 Å². The first kappa shape index (κ1) is 13.6. The minimum Gasteiger partial charge on any atom is -0.383 e. The van der Waals surface area contributed by atoms with Crippen LogP contribution in [0.2, 0.25) is 0 Å². The first-order chi connectivity index (χ1) is 9.43. The summed E-state index contributed by atoms with van der Waals surface area (Å²) >= 11 is 1.61. The van der Waals surface area contributed by atoms with Crippen LogP contribution in [0, 0.1) is 0 Å². The van der Waals surface area contributed by atoms with Crippen LogP contribution in [0.3, 0.4) is 0 Å². The van der Waals surface area contributed by atoms with Gasteiger partial charge in [-0.3, -0.25) is 4.57 Å². The van der Waals surface area contributed by atoms with Crippen LogP contribution < -0.4 is 11.4 Å². The second-order valence-electron chi connectivity index (χ2n) is 5.84. The summed E-state index contributed by atoms with van der Waals surface area (Å²) in [5.41, 5.74) is 6.78. The second-order valence-corrected chi connectivity index (χ2v) is 6.92. The Morgan fingerprint density at radius 3 is 2.95 bits per heavy atom. The lowest BCUT2D eigenvalue weighted by Gasteiger charge is -2.30. The van der Waals surface area contributed by atoms with Crippen LogP contribution in [0.5, 0.6) is 0 Å².